The normalized spacial score (nSPS) is 10.8. The van der Waals surface area contributed by atoms with Crippen LogP contribution in [0.2, 0.25) is 0 Å². The fourth-order valence-electron chi connectivity index (χ4n) is 2.77. The van der Waals surface area contributed by atoms with Crippen molar-refractivity contribution in [3.05, 3.63) is 90.7 Å². The number of halogens is 1. The summed E-state index contributed by atoms with van der Waals surface area (Å²) in [6.45, 7) is 0.485. The minimum absolute atomic E-state index is 0.272. The molecule has 0 N–H and O–H groups in total. The van der Waals surface area contributed by atoms with E-state index < -0.39 is 0 Å². The average molecular weight is 391 g/mol. The molecule has 0 aliphatic rings. The number of ether oxygens (including phenoxy) is 1. The van der Waals surface area contributed by atoms with E-state index in [1.807, 2.05) is 60.7 Å². The summed E-state index contributed by atoms with van der Waals surface area (Å²) in [5, 5.41) is 9.61. The molecule has 0 aliphatic heterocycles. The fourth-order valence-corrected chi connectivity index (χ4v) is 3.54. The van der Waals surface area contributed by atoms with Crippen LogP contribution < -0.4 is 4.74 Å². The highest BCUT2D eigenvalue weighted by Gasteiger charge is 2.15. The van der Waals surface area contributed by atoms with Crippen molar-refractivity contribution in [1.29, 1.82) is 0 Å². The van der Waals surface area contributed by atoms with E-state index in [1.54, 1.807) is 23.9 Å². The van der Waals surface area contributed by atoms with E-state index in [2.05, 4.69) is 14.8 Å². The Morgan fingerprint density at radius 2 is 1.50 bits per heavy atom. The molecule has 0 atom stereocenters. The van der Waals surface area contributed by atoms with Crippen LogP contribution in [-0.4, -0.2) is 27.1 Å². The van der Waals surface area contributed by atoms with Gasteiger partial charge in [-0.15, -0.1) is 10.2 Å². The monoisotopic (exact) mass is 391 g/mol. The Morgan fingerprint density at radius 1 is 0.821 bits per heavy atom. The lowest BCUT2D eigenvalue weighted by Gasteiger charge is -2.10. The number of thioether (sulfide) groups is 1. The topological polar surface area (TPSA) is 39.9 Å². The summed E-state index contributed by atoms with van der Waals surface area (Å²) >= 11 is 1.57. The molecule has 140 valence electrons. The molecule has 0 unspecified atom stereocenters. The molecule has 1 heterocycles. The fraction of sp³-hybridized carbons (Fsp3) is 0.0909. The molecule has 0 amide bonds. The van der Waals surface area contributed by atoms with E-state index in [0.717, 1.165) is 22.2 Å². The number of benzene rings is 3. The molecule has 0 fully saturated rings. The molecule has 0 saturated heterocycles. The molecule has 28 heavy (non-hydrogen) atoms. The Hall–Kier alpha value is -3.12. The Morgan fingerprint density at radius 3 is 2.21 bits per heavy atom. The first-order valence-corrected chi connectivity index (χ1v) is 9.87. The second-order valence-corrected chi connectivity index (χ2v) is 7.06. The molecule has 1 aromatic heterocycles. The van der Waals surface area contributed by atoms with Crippen molar-refractivity contribution in [3.8, 4) is 22.8 Å². The van der Waals surface area contributed by atoms with E-state index in [9.17, 15) is 4.39 Å². The van der Waals surface area contributed by atoms with Crippen LogP contribution in [-0.2, 0) is 0 Å². The van der Waals surface area contributed by atoms with Crippen molar-refractivity contribution in [1.82, 2.24) is 14.8 Å². The SMILES string of the molecule is Fc1ccc(OCCSc2nnc(-c3ccccc3)n2-c2ccccc2)cc1. The van der Waals surface area contributed by atoms with Crippen molar-refractivity contribution in [3.63, 3.8) is 0 Å². The molecule has 3 aromatic carbocycles. The summed E-state index contributed by atoms with van der Waals surface area (Å²) in [6, 6.07) is 26.1. The highest BCUT2D eigenvalue weighted by molar-refractivity contribution is 7.99. The molecule has 4 aromatic rings. The summed E-state index contributed by atoms with van der Waals surface area (Å²) < 4.78 is 20.7. The molecule has 4 rings (SSSR count). The van der Waals surface area contributed by atoms with Gasteiger partial charge < -0.3 is 4.74 Å². The quantitative estimate of drug-likeness (QED) is 0.319. The van der Waals surface area contributed by atoms with E-state index in [4.69, 9.17) is 4.74 Å². The Bertz CT molecular complexity index is 1020. The first-order valence-electron chi connectivity index (χ1n) is 8.89. The van der Waals surface area contributed by atoms with Crippen molar-refractivity contribution < 1.29 is 9.13 Å². The number of hydrogen-bond acceptors (Lipinski definition) is 4. The molecular weight excluding hydrogens is 373 g/mol. The zero-order valence-corrected chi connectivity index (χ0v) is 15.8. The number of aromatic nitrogens is 3. The molecule has 4 nitrogen and oxygen atoms in total. The number of nitrogens with zero attached hydrogens (tertiary/aromatic N) is 3. The van der Waals surface area contributed by atoms with Crippen molar-refractivity contribution in [2.24, 2.45) is 0 Å². The van der Waals surface area contributed by atoms with Gasteiger partial charge >= 0.3 is 0 Å². The maximum Gasteiger partial charge on any atom is 0.196 e. The smallest absolute Gasteiger partial charge is 0.196 e. The third kappa shape index (κ3) is 4.23. The van der Waals surface area contributed by atoms with Crippen LogP contribution in [0.25, 0.3) is 17.1 Å². The van der Waals surface area contributed by atoms with Crippen molar-refractivity contribution in [2.75, 3.05) is 12.4 Å². The van der Waals surface area contributed by atoms with E-state index in [1.165, 1.54) is 12.1 Å². The lowest BCUT2D eigenvalue weighted by Crippen LogP contribution is -2.03. The van der Waals surface area contributed by atoms with Gasteiger partial charge in [0.1, 0.15) is 11.6 Å². The molecule has 6 heteroatoms. The van der Waals surface area contributed by atoms with E-state index in [0.29, 0.717) is 18.1 Å². The standard InChI is InChI=1S/C22H18FN3OS/c23-18-11-13-20(14-12-18)27-15-16-28-22-25-24-21(17-7-3-1-4-8-17)26(22)19-9-5-2-6-10-19/h1-14H,15-16H2. The third-order valence-corrected chi connectivity index (χ3v) is 4.97. The van der Waals surface area contributed by atoms with Crippen molar-refractivity contribution in [2.45, 2.75) is 5.16 Å². The number of para-hydroxylation sites is 1. The number of hydrogen-bond donors (Lipinski definition) is 0. The summed E-state index contributed by atoms with van der Waals surface area (Å²) in [7, 11) is 0. The maximum atomic E-state index is 13.0. The van der Waals surface area contributed by atoms with Gasteiger partial charge in [0.25, 0.3) is 0 Å². The summed E-state index contributed by atoms with van der Waals surface area (Å²) in [6.07, 6.45) is 0. The molecule has 0 spiro atoms. The minimum Gasteiger partial charge on any atom is -0.493 e. The number of rotatable bonds is 7. The van der Waals surface area contributed by atoms with Gasteiger partial charge in [0.15, 0.2) is 11.0 Å². The summed E-state index contributed by atoms with van der Waals surface area (Å²) in [5.74, 6) is 1.87. The lowest BCUT2D eigenvalue weighted by atomic mass is 10.2. The lowest BCUT2D eigenvalue weighted by molar-refractivity contribution is 0.343. The Labute approximate surface area is 167 Å². The van der Waals surface area contributed by atoms with Gasteiger partial charge in [0.2, 0.25) is 0 Å². The van der Waals surface area contributed by atoms with Gasteiger partial charge in [0.05, 0.1) is 6.61 Å². The second-order valence-electron chi connectivity index (χ2n) is 5.99. The first kappa shape index (κ1) is 18.3. The molecule has 0 radical (unpaired) electrons. The molecular formula is C22H18FN3OS. The summed E-state index contributed by atoms with van der Waals surface area (Å²) in [5.41, 5.74) is 2.02. The van der Waals surface area contributed by atoms with Crippen LogP contribution in [0.3, 0.4) is 0 Å². The minimum atomic E-state index is -0.272. The van der Waals surface area contributed by atoms with Crippen LogP contribution in [0.4, 0.5) is 4.39 Å². The van der Waals surface area contributed by atoms with Crippen LogP contribution in [0.1, 0.15) is 0 Å². The maximum absolute atomic E-state index is 13.0. The highest BCUT2D eigenvalue weighted by Crippen LogP contribution is 2.27. The second kappa shape index (κ2) is 8.71. The van der Waals surface area contributed by atoms with E-state index >= 15 is 0 Å². The third-order valence-electron chi connectivity index (χ3n) is 4.08. The van der Waals surface area contributed by atoms with Gasteiger partial charge in [0, 0.05) is 17.0 Å². The predicted octanol–water partition coefficient (Wildman–Crippen LogP) is 5.24. The predicted molar refractivity (Wildman–Crippen MR) is 109 cm³/mol. The van der Waals surface area contributed by atoms with Crippen LogP contribution in [0.15, 0.2) is 90.1 Å². The van der Waals surface area contributed by atoms with Gasteiger partial charge in [-0.3, -0.25) is 4.57 Å². The Kier molecular flexibility index (Phi) is 5.68. The summed E-state index contributed by atoms with van der Waals surface area (Å²) in [4.78, 5) is 0. The van der Waals surface area contributed by atoms with Crippen LogP contribution in [0, 0.1) is 5.82 Å². The largest absolute Gasteiger partial charge is 0.493 e. The van der Waals surface area contributed by atoms with Crippen LogP contribution in [0.5, 0.6) is 5.75 Å². The molecule has 0 bridgehead atoms. The van der Waals surface area contributed by atoms with Gasteiger partial charge in [-0.2, -0.15) is 0 Å². The van der Waals surface area contributed by atoms with Gasteiger partial charge in [-0.05, 0) is 36.4 Å². The zero-order chi connectivity index (χ0) is 19.2. The van der Waals surface area contributed by atoms with Gasteiger partial charge in [-0.1, -0.05) is 60.3 Å². The highest BCUT2D eigenvalue weighted by atomic mass is 32.2. The Balaban J connectivity index is 1.52. The van der Waals surface area contributed by atoms with Gasteiger partial charge in [-0.25, -0.2) is 4.39 Å². The molecule has 0 saturated carbocycles. The van der Waals surface area contributed by atoms with E-state index in [-0.39, 0.29) is 5.82 Å². The first-order chi connectivity index (χ1) is 13.8. The average Bonchev–Trinajstić information content (AvgIpc) is 3.18. The van der Waals surface area contributed by atoms with Crippen LogP contribution >= 0.6 is 11.8 Å². The molecule has 0 aliphatic carbocycles. The van der Waals surface area contributed by atoms with Crippen molar-refractivity contribution >= 4 is 11.8 Å². The zero-order valence-electron chi connectivity index (χ0n) is 15.0.